The summed E-state index contributed by atoms with van der Waals surface area (Å²) < 4.78 is 10.6. The molecular weight excluding hydrogens is 452 g/mol. The normalized spacial score (nSPS) is 12.8. The van der Waals surface area contributed by atoms with Crippen molar-refractivity contribution in [3.8, 4) is 11.5 Å². The zero-order chi connectivity index (χ0) is 24.9. The number of hydrogen-bond acceptors (Lipinski definition) is 7. The quantitative estimate of drug-likeness (QED) is 0.369. The molecule has 10 nitrogen and oxygen atoms in total. The average Bonchev–Trinajstić information content (AvgIpc) is 3.31. The van der Waals surface area contributed by atoms with Crippen molar-refractivity contribution in [2.24, 2.45) is 0 Å². The lowest BCUT2D eigenvalue weighted by atomic mass is 10.1. The van der Waals surface area contributed by atoms with E-state index in [1.807, 2.05) is 6.92 Å². The molecule has 1 heterocycles. The van der Waals surface area contributed by atoms with Gasteiger partial charge in [-0.15, -0.1) is 0 Å². The number of benzene rings is 3. The molecule has 180 valence electrons. The van der Waals surface area contributed by atoms with Crippen molar-refractivity contribution in [3.63, 3.8) is 0 Å². The van der Waals surface area contributed by atoms with Crippen molar-refractivity contribution < 1.29 is 24.0 Å². The number of likely N-dealkylation sites (N-methyl/N-ethyl adjacent to an activating group) is 1. The van der Waals surface area contributed by atoms with Gasteiger partial charge in [0.25, 0.3) is 11.6 Å². The SMILES string of the molecule is CC(c1cccc([N+](=O)[O-])c1)N(C)CC(=O)Nc1ccccc1C(=O)Nc1ccc2c(c1)OCO2. The van der Waals surface area contributed by atoms with E-state index in [9.17, 15) is 19.7 Å². The minimum absolute atomic E-state index is 0.00500. The van der Waals surface area contributed by atoms with Crippen LogP contribution in [-0.2, 0) is 4.79 Å². The summed E-state index contributed by atoms with van der Waals surface area (Å²) >= 11 is 0. The van der Waals surface area contributed by atoms with Gasteiger partial charge in [-0.05, 0) is 43.8 Å². The van der Waals surface area contributed by atoms with Crippen LogP contribution in [-0.4, -0.2) is 42.0 Å². The van der Waals surface area contributed by atoms with Gasteiger partial charge in [0.15, 0.2) is 11.5 Å². The molecule has 2 N–H and O–H groups in total. The molecule has 0 aromatic heterocycles. The van der Waals surface area contributed by atoms with Crippen LogP contribution in [0.3, 0.4) is 0 Å². The summed E-state index contributed by atoms with van der Waals surface area (Å²) in [5.41, 5.74) is 1.92. The maximum Gasteiger partial charge on any atom is 0.269 e. The Labute approximate surface area is 201 Å². The number of nitro benzene ring substituents is 1. The second-order valence-electron chi connectivity index (χ2n) is 8.06. The number of anilines is 2. The third kappa shape index (κ3) is 5.56. The number of amides is 2. The van der Waals surface area contributed by atoms with E-state index in [-0.39, 0.29) is 31.0 Å². The van der Waals surface area contributed by atoms with Gasteiger partial charge in [0.2, 0.25) is 12.7 Å². The summed E-state index contributed by atoms with van der Waals surface area (Å²) in [7, 11) is 1.75. The number of ether oxygens (including phenoxy) is 2. The number of hydrogen-bond donors (Lipinski definition) is 2. The van der Waals surface area contributed by atoms with Gasteiger partial charge in [-0.3, -0.25) is 24.6 Å². The number of rotatable bonds is 8. The van der Waals surface area contributed by atoms with E-state index >= 15 is 0 Å². The van der Waals surface area contributed by atoms with Gasteiger partial charge in [-0.2, -0.15) is 0 Å². The summed E-state index contributed by atoms with van der Waals surface area (Å²) in [6.07, 6.45) is 0. The van der Waals surface area contributed by atoms with E-state index in [1.54, 1.807) is 66.5 Å². The summed E-state index contributed by atoms with van der Waals surface area (Å²) in [5, 5.41) is 16.7. The molecule has 3 aromatic carbocycles. The molecule has 10 heteroatoms. The van der Waals surface area contributed by atoms with Crippen LogP contribution in [0.5, 0.6) is 11.5 Å². The third-order valence-electron chi connectivity index (χ3n) is 5.69. The first kappa shape index (κ1) is 23.7. The summed E-state index contributed by atoms with van der Waals surface area (Å²) in [4.78, 5) is 38.1. The second-order valence-corrected chi connectivity index (χ2v) is 8.06. The van der Waals surface area contributed by atoms with Gasteiger partial charge >= 0.3 is 0 Å². The molecule has 0 spiro atoms. The first-order valence-electron chi connectivity index (χ1n) is 10.9. The highest BCUT2D eigenvalue weighted by atomic mass is 16.7. The number of non-ortho nitro benzene ring substituents is 1. The number of carbonyl (C=O) groups is 2. The molecule has 1 aliphatic rings. The molecule has 0 saturated carbocycles. The van der Waals surface area contributed by atoms with E-state index in [2.05, 4.69) is 10.6 Å². The predicted molar refractivity (Wildman–Crippen MR) is 130 cm³/mol. The lowest BCUT2D eigenvalue weighted by molar-refractivity contribution is -0.384. The number of nitrogens with zero attached hydrogens (tertiary/aromatic N) is 2. The largest absolute Gasteiger partial charge is 0.454 e. The number of nitro groups is 1. The predicted octanol–water partition coefficient (Wildman–Crippen LogP) is 4.21. The number of fused-ring (bicyclic) bond motifs is 1. The van der Waals surface area contributed by atoms with Crippen molar-refractivity contribution in [1.82, 2.24) is 4.90 Å². The number of nitrogens with one attached hydrogen (secondary N) is 2. The Kier molecular flexibility index (Phi) is 6.93. The molecule has 1 atom stereocenters. The Morgan fingerprint density at radius 3 is 2.60 bits per heavy atom. The Bertz CT molecular complexity index is 1280. The molecular formula is C25H24N4O6. The Morgan fingerprint density at radius 1 is 1.03 bits per heavy atom. The van der Waals surface area contributed by atoms with Crippen LogP contribution in [0.4, 0.5) is 17.1 Å². The van der Waals surface area contributed by atoms with Crippen LogP contribution in [0.1, 0.15) is 28.9 Å². The smallest absolute Gasteiger partial charge is 0.269 e. The molecule has 35 heavy (non-hydrogen) atoms. The molecule has 1 unspecified atom stereocenters. The van der Waals surface area contributed by atoms with E-state index in [4.69, 9.17) is 9.47 Å². The highest BCUT2D eigenvalue weighted by molar-refractivity contribution is 6.10. The highest BCUT2D eigenvalue weighted by Crippen LogP contribution is 2.34. The molecule has 4 rings (SSSR count). The van der Waals surface area contributed by atoms with Gasteiger partial charge in [0.05, 0.1) is 22.7 Å². The fourth-order valence-corrected chi connectivity index (χ4v) is 3.67. The minimum Gasteiger partial charge on any atom is -0.454 e. The van der Waals surface area contributed by atoms with E-state index in [0.29, 0.717) is 28.4 Å². The van der Waals surface area contributed by atoms with Crippen LogP contribution in [0.25, 0.3) is 0 Å². The molecule has 2 amide bonds. The number of para-hydroxylation sites is 1. The standard InChI is InChI=1S/C25H24N4O6/c1-16(17-6-5-7-19(12-17)29(32)33)28(2)14-24(30)27-21-9-4-3-8-20(21)25(31)26-18-10-11-22-23(13-18)35-15-34-22/h3-13,16H,14-15H2,1-2H3,(H,26,31)(H,27,30). The molecule has 3 aromatic rings. The minimum atomic E-state index is -0.450. The van der Waals surface area contributed by atoms with Crippen LogP contribution < -0.4 is 20.1 Å². The van der Waals surface area contributed by atoms with Crippen molar-refractivity contribution in [2.45, 2.75) is 13.0 Å². The van der Waals surface area contributed by atoms with E-state index in [0.717, 1.165) is 5.56 Å². The lowest BCUT2D eigenvalue weighted by Gasteiger charge is -2.24. The summed E-state index contributed by atoms with van der Waals surface area (Å²) in [6.45, 7) is 2.01. The average molecular weight is 476 g/mol. The van der Waals surface area contributed by atoms with E-state index in [1.165, 1.54) is 12.1 Å². The molecule has 0 aliphatic carbocycles. The van der Waals surface area contributed by atoms with Crippen LogP contribution in [0, 0.1) is 10.1 Å². The summed E-state index contributed by atoms with van der Waals surface area (Å²) in [5.74, 6) is 0.440. The van der Waals surface area contributed by atoms with Crippen LogP contribution in [0.2, 0.25) is 0 Å². The zero-order valence-electron chi connectivity index (χ0n) is 19.2. The third-order valence-corrected chi connectivity index (χ3v) is 5.69. The molecule has 1 aliphatic heterocycles. The zero-order valence-corrected chi connectivity index (χ0v) is 19.2. The number of carbonyl (C=O) groups excluding carboxylic acids is 2. The Balaban J connectivity index is 1.41. The Morgan fingerprint density at radius 2 is 1.80 bits per heavy atom. The van der Waals surface area contributed by atoms with Crippen LogP contribution >= 0.6 is 0 Å². The fraction of sp³-hybridized carbons (Fsp3) is 0.200. The van der Waals surface area contributed by atoms with E-state index < -0.39 is 10.8 Å². The topological polar surface area (TPSA) is 123 Å². The summed E-state index contributed by atoms with van der Waals surface area (Å²) in [6, 6.07) is 17.9. The van der Waals surface area contributed by atoms with Crippen molar-refractivity contribution in [1.29, 1.82) is 0 Å². The van der Waals surface area contributed by atoms with Gasteiger partial charge in [0.1, 0.15) is 0 Å². The molecule has 0 fully saturated rings. The highest BCUT2D eigenvalue weighted by Gasteiger charge is 2.20. The molecule has 0 bridgehead atoms. The second kappa shape index (κ2) is 10.2. The van der Waals surface area contributed by atoms with Crippen molar-refractivity contribution in [2.75, 3.05) is 31.0 Å². The van der Waals surface area contributed by atoms with Crippen molar-refractivity contribution >= 4 is 28.9 Å². The first-order valence-corrected chi connectivity index (χ1v) is 10.9. The monoisotopic (exact) mass is 476 g/mol. The van der Waals surface area contributed by atoms with Gasteiger partial charge in [-0.25, -0.2) is 0 Å². The van der Waals surface area contributed by atoms with Crippen molar-refractivity contribution in [3.05, 3.63) is 88.0 Å². The van der Waals surface area contributed by atoms with Gasteiger partial charge in [-0.1, -0.05) is 24.3 Å². The lowest BCUT2D eigenvalue weighted by Crippen LogP contribution is -2.32. The maximum absolute atomic E-state index is 12.9. The molecule has 0 saturated heterocycles. The van der Waals surface area contributed by atoms with Gasteiger partial charge in [0, 0.05) is 29.9 Å². The Hall–Kier alpha value is -4.44. The van der Waals surface area contributed by atoms with Gasteiger partial charge < -0.3 is 20.1 Å². The van der Waals surface area contributed by atoms with Crippen LogP contribution in [0.15, 0.2) is 66.7 Å². The fourth-order valence-electron chi connectivity index (χ4n) is 3.67. The molecule has 0 radical (unpaired) electrons. The maximum atomic E-state index is 12.9. The first-order chi connectivity index (χ1) is 16.8.